The first kappa shape index (κ1) is 15.0. The summed E-state index contributed by atoms with van der Waals surface area (Å²) in [6, 6.07) is 0. The Labute approximate surface area is 105 Å². The van der Waals surface area contributed by atoms with Crippen LogP contribution in [0.5, 0.6) is 0 Å². The van der Waals surface area contributed by atoms with E-state index in [1.54, 1.807) is 7.11 Å². The second kappa shape index (κ2) is 8.99. The van der Waals surface area contributed by atoms with Gasteiger partial charge in [0.25, 0.3) is 0 Å². The third-order valence-corrected chi connectivity index (χ3v) is 4.14. The van der Waals surface area contributed by atoms with Gasteiger partial charge in [-0.15, -0.1) is 0 Å². The fourth-order valence-corrected chi connectivity index (χ4v) is 3.13. The van der Waals surface area contributed by atoms with Crippen molar-refractivity contribution in [3.8, 4) is 0 Å². The van der Waals surface area contributed by atoms with Crippen LogP contribution in [0.15, 0.2) is 0 Å². The van der Waals surface area contributed by atoms with Crippen LogP contribution in [0.4, 0.5) is 0 Å². The molecule has 3 atom stereocenters. The molecule has 0 amide bonds. The molecule has 102 valence electrons. The highest BCUT2D eigenvalue weighted by Crippen LogP contribution is 2.13. The highest BCUT2D eigenvalue weighted by Gasteiger charge is 2.19. The molecule has 0 saturated carbocycles. The molecule has 3 unspecified atom stereocenters. The minimum Gasteiger partial charge on any atom is -0.391 e. The SMILES string of the molecule is COCCNCC(O)CS(=O)CC1CCCO1. The topological polar surface area (TPSA) is 67.8 Å². The fraction of sp³-hybridized carbons (Fsp3) is 1.00. The third kappa shape index (κ3) is 7.10. The number of aliphatic hydroxyl groups excluding tert-OH is 1. The summed E-state index contributed by atoms with van der Waals surface area (Å²) >= 11 is 0. The van der Waals surface area contributed by atoms with Crippen LogP contribution in [0, 0.1) is 0 Å². The zero-order valence-corrected chi connectivity index (χ0v) is 11.2. The van der Waals surface area contributed by atoms with E-state index in [9.17, 15) is 9.32 Å². The summed E-state index contributed by atoms with van der Waals surface area (Å²) in [5.74, 6) is 0.870. The van der Waals surface area contributed by atoms with Gasteiger partial charge in [0.2, 0.25) is 0 Å². The van der Waals surface area contributed by atoms with Crippen molar-refractivity contribution in [2.45, 2.75) is 25.0 Å². The Morgan fingerprint density at radius 1 is 1.65 bits per heavy atom. The molecule has 0 aromatic carbocycles. The van der Waals surface area contributed by atoms with Gasteiger partial charge < -0.3 is 19.9 Å². The number of hydrogen-bond donors (Lipinski definition) is 2. The highest BCUT2D eigenvalue weighted by molar-refractivity contribution is 7.85. The predicted molar refractivity (Wildman–Crippen MR) is 67.6 cm³/mol. The van der Waals surface area contributed by atoms with Crippen molar-refractivity contribution in [1.29, 1.82) is 0 Å². The van der Waals surface area contributed by atoms with Crippen LogP contribution < -0.4 is 5.32 Å². The second-order valence-corrected chi connectivity index (χ2v) is 5.81. The average molecular weight is 265 g/mol. The van der Waals surface area contributed by atoms with Crippen LogP contribution >= 0.6 is 0 Å². The number of hydrogen-bond acceptors (Lipinski definition) is 5. The van der Waals surface area contributed by atoms with Crippen LogP contribution in [0.2, 0.25) is 0 Å². The molecule has 5 nitrogen and oxygen atoms in total. The van der Waals surface area contributed by atoms with Crippen LogP contribution in [-0.2, 0) is 20.3 Å². The monoisotopic (exact) mass is 265 g/mol. The quantitative estimate of drug-likeness (QED) is 0.551. The lowest BCUT2D eigenvalue weighted by atomic mass is 10.3. The number of ether oxygens (including phenoxy) is 2. The Hall–Kier alpha value is -0.0100. The van der Waals surface area contributed by atoms with Crippen molar-refractivity contribution in [3.05, 3.63) is 0 Å². The van der Waals surface area contributed by atoms with Gasteiger partial charge in [-0.2, -0.15) is 0 Å². The Kier molecular flexibility index (Phi) is 7.96. The molecule has 1 aliphatic rings. The van der Waals surface area contributed by atoms with Gasteiger partial charge in [-0.05, 0) is 12.8 Å². The van der Waals surface area contributed by atoms with Crippen LogP contribution in [0.1, 0.15) is 12.8 Å². The number of rotatable bonds is 9. The van der Waals surface area contributed by atoms with Gasteiger partial charge in [-0.1, -0.05) is 0 Å². The first-order chi connectivity index (χ1) is 8.22. The molecule has 1 saturated heterocycles. The van der Waals surface area contributed by atoms with E-state index in [0.29, 0.717) is 31.2 Å². The highest BCUT2D eigenvalue weighted by atomic mass is 32.2. The normalized spacial score (nSPS) is 23.8. The lowest BCUT2D eigenvalue weighted by Gasteiger charge is -2.13. The van der Waals surface area contributed by atoms with E-state index < -0.39 is 16.9 Å². The standard InChI is InChI=1S/C11H23NO4S/c1-15-6-4-12-7-10(13)8-17(14)9-11-3-2-5-16-11/h10-13H,2-9H2,1H3. The van der Waals surface area contributed by atoms with Crippen LogP contribution in [0.25, 0.3) is 0 Å². The molecule has 1 rings (SSSR count). The van der Waals surface area contributed by atoms with Gasteiger partial charge in [-0.25, -0.2) is 0 Å². The zero-order valence-electron chi connectivity index (χ0n) is 10.4. The summed E-state index contributed by atoms with van der Waals surface area (Å²) in [6.45, 7) is 2.56. The fourth-order valence-electron chi connectivity index (χ4n) is 1.77. The summed E-state index contributed by atoms with van der Waals surface area (Å²) < 4.78 is 22.0. The number of nitrogens with one attached hydrogen (secondary N) is 1. The minimum atomic E-state index is -0.993. The molecule has 6 heteroatoms. The van der Waals surface area contributed by atoms with Gasteiger partial charge in [-0.3, -0.25) is 4.21 Å². The van der Waals surface area contributed by atoms with E-state index >= 15 is 0 Å². The van der Waals surface area contributed by atoms with Crippen LogP contribution in [0.3, 0.4) is 0 Å². The van der Waals surface area contributed by atoms with Gasteiger partial charge in [0.1, 0.15) is 0 Å². The summed E-state index contributed by atoms with van der Waals surface area (Å²) in [5, 5.41) is 12.7. The molecular formula is C11H23NO4S. The van der Waals surface area contributed by atoms with E-state index in [-0.39, 0.29) is 6.10 Å². The third-order valence-electron chi connectivity index (χ3n) is 2.64. The van der Waals surface area contributed by atoms with Crippen molar-refractivity contribution in [2.75, 3.05) is 44.9 Å². The first-order valence-corrected chi connectivity index (χ1v) is 7.55. The molecule has 1 aliphatic heterocycles. The summed E-state index contributed by atoms with van der Waals surface area (Å²) in [7, 11) is 0.640. The van der Waals surface area contributed by atoms with Gasteiger partial charge in [0, 0.05) is 43.4 Å². The van der Waals surface area contributed by atoms with Crippen molar-refractivity contribution in [2.24, 2.45) is 0 Å². The Bertz CT molecular complexity index is 222. The maximum atomic E-state index is 11.7. The first-order valence-electron chi connectivity index (χ1n) is 6.06. The van der Waals surface area contributed by atoms with Gasteiger partial charge >= 0.3 is 0 Å². The number of methoxy groups -OCH3 is 1. The van der Waals surface area contributed by atoms with E-state index in [0.717, 1.165) is 19.4 Å². The van der Waals surface area contributed by atoms with Gasteiger partial charge in [0.15, 0.2) is 0 Å². The Morgan fingerprint density at radius 2 is 2.47 bits per heavy atom. The lowest BCUT2D eigenvalue weighted by Crippen LogP contribution is -2.34. The van der Waals surface area contributed by atoms with E-state index in [4.69, 9.17) is 9.47 Å². The molecule has 0 aromatic rings. The average Bonchev–Trinajstić information content (AvgIpc) is 2.77. The van der Waals surface area contributed by atoms with Crippen molar-refractivity contribution in [1.82, 2.24) is 5.32 Å². The maximum Gasteiger partial charge on any atom is 0.0779 e. The predicted octanol–water partition coefficient (Wildman–Crippen LogP) is -0.489. The maximum absolute atomic E-state index is 11.7. The van der Waals surface area contributed by atoms with Crippen molar-refractivity contribution in [3.63, 3.8) is 0 Å². The van der Waals surface area contributed by atoms with Gasteiger partial charge in [0.05, 0.1) is 24.6 Å². The molecule has 17 heavy (non-hydrogen) atoms. The number of aliphatic hydroxyl groups is 1. The zero-order chi connectivity index (χ0) is 12.5. The summed E-state index contributed by atoms with van der Waals surface area (Å²) in [4.78, 5) is 0. The summed E-state index contributed by atoms with van der Waals surface area (Å²) in [6.07, 6.45) is 1.62. The molecule has 1 fully saturated rings. The minimum absolute atomic E-state index is 0.129. The Balaban J connectivity index is 2.03. The van der Waals surface area contributed by atoms with E-state index in [2.05, 4.69) is 5.32 Å². The smallest absolute Gasteiger partial charge is 0.0779 e. The van der Waals surface area contributed by atoms with Crippen molar-refractivity contribution < 1.29 is 18.8 Å². The molecule has 0 aromatic heterocycles. The van der Waals surface area contributed by atoms with Crippen molar-refractivity contribution >= 4 is 10.8 Å². The molecule has 1 heterocycles. The molecule has 0 aliphatic carbocycles. The summed E-state index contributed by atoms with van der Waals surface area (Å²) in [5.41, 5.74) is 0. The largest absolute Gasteiger partial charge is 0.391 e. The molecule has 0 radical (unpaired) electrons. The molecule has 0 bridgehead atoms. The van der Waals surface area contributed by atoms with Crippen LogP contribution in [-0.4, -0.2) is 66.4 Å². The Morgan fingerprint density at radius 3 is 3.12 bits per heavy atom. The molecule has 2 N–H and O–H groups in total. The molecular weight excluding hydrogens is 242 g/mol. The van der Waals surface area contributed by atoms with E-state index in [1.165, 1.54) is 0 Å². The lowest BCUT2D eigenvalue weighted by molar-refractivity contribution is 0.128. The molecule has 0 spiro atoms. The van der Waals surface area contributed by atoms with E-state index in [1.807, 2.05) is 0 Å². The second-order valence-electron chi connectivity index (χ2n) is 4.26.